The standard InChI is InChI=1S/C27H22ClFN4O3S/c1-36-23-10-6-5-9-18(23)22-14-21(16-7-3-2-4-8-16)32-33(22)27-31-26(35)24(37-27)15-25(34)30-17-11-12-20(29)19(28)13-17/h2-13,22,24H,14-15H2,1H3,(H,30,34)/t22-,24-/m0/s1. The first-order valence-corrected chi connectivity index (χ1v) is 12.8. The van der Waals surface area contributed by atoms with E-state index < -0.39 is 22.9 Å². The number of nitrogens with zero attached hydrogens (tertiary/aromatic N) is 3. The van der Waals surface area contributed by atoms with Gasteiger partial charge in [-0.3, -0.25) is 9.59 Å². The van der Waals surface area contributed by atoms with Gasteiger partial charge in [0.2, 0.25) is 5.91 Å². The van der Waals surface area contributed by atoms with Gasteiger partial charge >= 0.3 is 0 Å². The van der Waals surface area contributed by atoms with Crippen LogP contribution in [-0.4, -0.2) is 40.1 Å². The van der Waals surface area contributed by atoms with Gasteiger partial charge in [0.05, 0.1) is 23.9 Å². The molecule has 188 valence electrons. The summed E-state index contributed by atoms with van der Waals surface area (Å²) in [5.41, 5.74) is 3.11. The Morgan fingerprint density at radius 1 is 1.16 bits per heavy atom. The van der Waals surface area contributed by atoms with Crippen molar-refractivity contribution in [2.45, 2.75) is 24.1 Å². The Bertz CT molecular complexity index is 1420. The van der Waals surface area contributed by atoms with Crippen molar-refractivity contribution in [1.29, 1.82) is 0 Å². The fourth-order valence-electron chi connectivity index (χ4n) is 4.23. The monoisotopic (exact) mass is 536 g/mol. The van der Waals surface area contributed by atoms with Crippen LogP contribution in [0.25, 0.3) is 0 Å². The molecule has 0 fully saturated rings. The van der Waals surface area contributed by atoms with E-state index in [1.165, 1.54) is 30.0 Å². The summed E-state index contributed by atoms with van der Waals surface area (Å²) in [6.45, 7) is 0. The van der Waals surface area contributed by atoms with Gasteiger partial charge in [-0.05, 0) is 29.8 Å². The number of nitrogens with one attached hydrogen (secondary N) is 1. The van der Waals surface area contributed by atoms with Gasteiger partial charge in [0.25, 0.3) is 5.91 Å². The van der Waals surface area contributed by atoms with Gasteiger partial charge in [0.1, 0.15) is 16.8 Å². The number of ether oxygens (including phenoxy) is 1. The van der Waals surface area contributed by atoms with Crippen LogP contribution < -0.4 is 10.1 Å². The van der Waals surface area contributed by atoms with Gasteiger partial charge in [-0.1, -0.05) is 71.9 Å². The topological polar surface area (TPSA) is 83.4 Å². The van der Waals surface area contributed by atoms with Crippen LogP contribution in [0.4, 0.5) is 10.1 Å². The molecule has 0 saturated carbocycles. The molecule has 2 amide bonds. The third-order valence-corrected chi connectivity index (χ3v) is 7.45. The Morgan fingerprint density at radius 3 is 2.68 bits per heavy atom. The molecule has 0 bridgehead atoms. The van der Waals surface area contributed by atoms with E-state index in [0.717, 1.165) is 16.8 Å². The maximum atomic E-state index is 13.4. The normalized spacial score (nSPS) is 19.0. The maximum Gasteiger partial charge on any atom is 0.262 e. The number of carbonyl (C=O) groups is 2. The Morgan fingerprint density at radius 2 is 1.92 bits per heavy atom. The Balaban J connectivity index is 1.36. The first-order valence-electron chi connectivity index (χ1n) is 11.5. The van der Waals surface area contributed by atoms with Crippen molar-refractivity contribution in [3.8, 4) is 5.75 Å². The maximum absolute atomic E-state index is 13.4. The Hall–Kier alpha value is -3.69. The van der Waals surface area contributed by atoms with Crippen LogP contribution in [0.15, 0.2) is 82.9 Å². The van der Waals surface area contributed by atoms with E-state index in [-0.39, 0.29) is 17.5 Å². The van der Waals surface area contributed by atoms with Gasteiger partial charge in [0.15, 0.2) is 5.17 Å². The minimum atomic E-state index is -0.708. The molecule has 0 spiro atoms. The lowest BCUT2D eigenvalue weighted by Gasteiger charge is -2.24. The molecule has 0 aromatic heterocycles. The van der Waals surface area contributed by atoms with Gasteiger partial charge in [-0.15, -0.1) is 0 Å². The van der Waals surface area contributed by atoms with E-state index in [0.29, 0.717) is 23.0 Å². The van der Waals surface area contributed by atoms with Crippen LogP contribution in [0.2, 0.25) is 5.02 Å². The van der Waals surface area contributed by atoms with E-state index in [4.69, 9.17) is 21.4 Å². The van der Waals surface area contributed by atoms with Crippen molar-refractivity contribution in [1.82, 2.24) is 5.01 Å². The van der Waals surface area contributed by atoms with Crippen molar-refractivity contribution in [2.24, 2.45) is 10.1 Å². The number of halogens is 2. The largest absolute Gasteiger partial charge is 0.496 e. The summed E-state index contributed by atoms with van der Waals surface area (Å²) in [4.78, 5) is 29.7. The second-order valence-corrected chi connectivity index (χ2v) is 10.0. The molecule has 5 rings (SSSR count). The molecule has 37 heavy (non-hydrogen) atoms. The Kier molecular flexibility index (Phi) is 7.25. The van der Waals surface area contributed by atoms with E-state index in [1.54, 1.807) is 12.1 Å². The average molecular weight is 537 g/mol. The van der Waals surface area contributed by atoms with Crippen molar-refractivity contribution in [2.75, 3.05) is 12.4 Å². The van der Waals surface area contributed by atoms with E-state index in [9.17, 15) is 14.0 Å². The van der Waals surface area contributed by atoms with E-state index >= 15 is 0 Å². The van der Waals surface area contributed by atoms with Crippen molar-refractivity contribution >= 4 is 51.7 Å². The molecule has 0 radical (unpaired) electrons. The van der Waals surface area contributed by atoms with Crippen LogP contribution in [0.1, 0.15) is 30.0 Å². The van der Waals surface area contributed by atoms with Crippen LogP contribution in [0.3, 0.4) is 0 Å². The second-order valence-electron chi connectivity index (χ2n) is 8.44. The Labute approximate surface area is 222 Å². The molecule has 2 aliphatic heterocycles. The molecule has 2 atom stereocenters. The lowest BCUT2D eigenvalue weighted by Crippen LogP contribution is -2.25. The van der Waals surface area contributed by atoms with Crippen LogP contribution in [0, 0.1) is 5.82 Å². The number of methoxy groups -OCH3 is 1. The molecule has 0 saturated heterocycles. The summed E-state index contributed by atoms with van der Waals surface area (Å²) in [6.07, 6.45) is 0.489. The molecule has 3 aromatic rings. The van der Waals surface area contributed by atoms with E-state index in [1.807, 2.05) is 54.6 Å². The van der Waals surface area contributed by atoms with Crippen molar-refractivity contribution < 1.29 is 18.7 Å². The summed E-state index contributed by atoms with van der Waals surface area (Å²) in [7, 11) is 1.62. The average Bonchev–Trinajstić information content (AvgIpc) is 3.50. The molecule has 10 heteroatoms. The van der Waals surface area contributed by atoms with Crippen LogP contribution in [-0.2, 0) is 9.59 Å². The third kappa shape index (κ3) is 5.38. The summed E-state index contributed by atoms with van der Waals surface area (Å²) in [5, 5.41) is 8.87. The predicted molar refractivity (Wildman–Crippen MR) is 144 cm³/mol. The summed E-state index contributed by atoms with van der Waals surface area (Å²) in [6, 6.07) is 21.2. The first-order chi connectivity index (χ1) is 17.9. The number of hydrogen-bond acceptors (Lipinski definition) is 6. The highest BCUT2D eigenvalue weighted by Crippen LogP contribution is 2.41. The first kappa shape index (κ1) is 25.0. The minimum absolute atomic E-state index is 0.0989. The molecule has 0 aliphatic carbocycles. The molecule has 2 aliphatic rings. The highest BCUT2D eigenvalue weighted by molar-refractivity contribution is 8.15. The number of anilines is 1. The number of amidine groups is 1. The van der Waals surface area contributed by atoms with Gasteiger partial charge in [-0.2, -0.15) is 10.1 Å². The molecule has 2 heterocycles. The van der Waals surface area contributed by atoms with Gasteiger partial charge in [0, 0.05) is 24.1 Å². The molecule has 3 aromatic carbocycles. The number of amides is 2. The van der Waals surface area contributed by atoms with E-state index in [2.05, 4.69) is 10.3 Å². The molecule has 0 unspecified atom stereocenters. The number of hydrazone groups is 1. The third-order valence-electron chi connectivity index (χ3n) is 6.01. The minimum Gasteiger partial charge on any atom is -0.496 e. The van der Waals surface area contributed by atoms with Gasteiger partial charge < -0.3 is 10.1 Å². The molecular formula is C27H22ClFN4O3S. The fourth-order valence-corrected chi connectivity index (χ4v) is 5.48. The van der Waals surface area contributed by atoms with Crippen LogP contribution >= 0.6 is 23.4 Å². The number of aliphatic imine (C=N–C) groups is 1. The number of thioether (sulfide) groups is 1. The number of carbonyl (C=O) groups excluding carboxylic acids is 2. The zero-order valence-electron chi connectivity index (χ0n) is 19.7. The molecule has 1 N–H and O–H groups in total. The van der Waals surface area contributed by atoms with Crippen molar-refractivity contribution in [3.63, 3.8) is 0 Å². The highest BCUT2D eigenvalue weighted by Gasteiger charge is 2.40. The molecular weight excluding hydrogens is 515 g/mol. The smallest absolute Gasteiger partial charge is 0.262 e. The number of benzene rings is 3. The van der Waals surface area contributed by atoms with Gasteiger partial charge in [-0.25, -0.2) is 9.40 Å². The lowest BCUT2D eigenvalue weighted by atomic mass is 9.98. The fraction of sp³-hybridized carbons (Fsp3) is 0.185. The number of rotatable bonds is 6. The van der Waals surface area contributed by atoms with Crippen LogP contribution in [0.5, 0.6) is 5.75 Å². The van der Waals surface area contributed by atoms with Crippen molar-refractivity contribution in [3.05, 3.63) is 94.8 Å². The summed E-state index contributed by atoms with van der Waals surface area (Å²) < 4.78 is 19.0. The summed E-state index contributed by atoms with van der Waals surface area (Å²) >= 11 is 7.00. The molecule has 7 nitrogen and oxygen atoms in total. The zero-order chi connectivity index (χ0) is 25.9. The second kappa shape index (κ2) is 10.7. The highest BCUT2D eigenvalue weighted by atomic mass is 35.5. The quantitative estimate of drug-likeness (QED) is 0.439. The predicted octanol–water partition coefficient (Wildman–Crippen LogP) is 5.67. The lowest BCUT2D eigenvalue weighted by molar-refractivity contribution is -0.121. The zero-order valence-corrected chi connectivity index (χ0v) is 21.3. The number of hydrogen-bond donors (Lipinski definition) is 1. The SMILES string of the molecule is COc1ccccc1[C@@H]1CC(c2ccccc2)=NN1C1=NC(=O)[C@H](CC(=O)Nc2ccc(F)c(Cl)c2)S1. The summed E-state index contributed by atoms with van der Waals surface area (Å²) in [5.74, 6) is -0.675. The number of para-hydroxylation sites is 1.